The number of hydrogen-bond acceptors (Lipinski definition) is 3. The lowest BCUT2D eigenvalue weighted by atomic mass is 9.85. The van der Waals surface area contributed by atoms with E-state index < -0.39 is 12.1 Å². The molecule has 1 amide bonds. The zero-order chi connectivity index (χ0) is 22.9. The number of halogens is 3. The maximum Gasteiger partial charge on any atom is 0.391 e. The molecule has 2 unspecified atom stereocenters. The van der Waals surface area contributed by atoms with E-state index in [2.05, 4.69) is 20.5 Å². The Morgan fingerprint density at radius 3 is 2.52 bits per heavy atom. The summed E-state index contributed by atoms with van der Waals surface area (Å²) in [5, 5.41) is 6.31. The van der Waals surface area contributed by atoms with Gasteiger partial charge in [-0.15, -0.1) is 0 Å². The summed E-state index contributed by atoms with van der Waals surface area (Å²) in [6.07, 6.45) is -1.98. The standard InChI is InChI=1S/C22H34F3N5O/c1-29(2)20(31)16-27-21(28-18-10-7-9-17(15-18)22(23,24)25)26-13-8-14-30(3)19-11-5-4-6-12-19/h4-6,11-12,17-18H,7-10,13-16H2,1-3H3,(H2,26,27,28). The SMILES string of the molecule is CN(C)C(=O)CN=C(NCCCN(C)c1ccccc1)NC1CCCC(C(F)(F)F)C1. The molecule has 1 saturated carbocycles. The van der Waals surface area contributed by atoms with Crippen molar-refractivity contribution in [1.82, 2.24) is 15.5 Å². The van der Waals surface area contributed by atoms with Gasteiger partial charge < -0.3 is 20.4 Å². The van der Waals surface area contributed by atoms with Gasteiger partial charge in [0.05, 0.1) is 5.92 Å². The summed E-state index contributed by atoms with van der Waals surface area (Å²) < 4.78 is 39.4. The lowest BCUT2D eigenvalue weighted by Gasteiger charge is -2.32. The van der Waals surface area contributed by atoms with E-state index in [-0.39, 0.29) is 31.3 Å². The van der Waals surface area contributed by atoms with Gasteiger partial charge in [-0.1, -0.05) is 24.6 Å². The van der Waals surface area contributed by atoms with E-state index in [0.29, 0.717) is 25.3 Å². The molecule has 6 nitrogen and oxygen atoms in total. The second-order valence-corrected chi connectivity index (χ2v) is 8.24. The molecule has 174 valence electrons. The molecule has 9 heteroatoms. The van der Waals surface area contributed by atoms with Crippen LogP contribution in [0.15, 0.2) is 35.3 Å². The Hall–Kier alpha value is -2.45. The van der Waals surface area contributed by atoms with Crippen molar-refractivity contribution in [3.63, 3.8) is 0 Å². The first-order chi connectivity index (χ1) is 14.7. The number of carbonyl (C=O) groups excluding carboxylic acids is 1. The van der Waals surface area contributed by atoms with E-state index in [1.165, 1.54) is 4.90 Å². The van der Waals surface area contributed by atoms with E-state index in [9.17, 15) is 18.0 Å². The predicted octanol–water partition coefficient (Wildman–Crippen LogP) is 3.26. The molecule has 0 bridgehead atoms. The summed E-state index contributed by atoms with van der Waals surface area (Å²) in [6, 6.07) is 9.70. The van der Waals surface area contributed by atoms with Gasteiger partial charge in [0, 0.05) is 46.0 Å². The number of rotatable bonds is 8. The van der Waals surface area contributed by atoms with Crippen molar-refractivity contribution >= 4 is 17.6 Å². The smallest absolute Gasteiger partial charge is 0.375 e. The third kappa shape index (κ3) is 8.67. The van der Waals surface area contributed by atoms with E-state index in [1.54, 1.807) is 14.1 Å². The van der Waals surface area contributed by atoms with Crippen molar-refractivity contribution in [1.29, 1.82) is 0 Å². The van der Waals surface area contributed by atoms with E-state index in [0.717, 1.165) is 18.7 Å². The van der Waals surface area contributed by atoms with Gasteiger partial charge in [0.2, 0.25) is 5.91 Å². The van der Waals surface area contributed by atoms with Crippen molar-refractivity contribution in [3.05, 3.63) is 30.3 Å². The molecule has 0 radical (unpaired) electrons. The summed E-state index contributed by atoms with van der Waals surface area (Å²) in [5.74, 6) is -1.06. The third-order valence-electron chi connectivity index (χ3n) is 5.51. The van der Waals surface area contributed by atoms with Crippen LogP contribution in [-0.2, 0) is 4.79 Å². The minimum atomic E-state index is -4.17. The molecule has 2 atom stereocenters. The van der Waals surface area contributed by atoms with Crippen LogP contribution in [0.25, 0.3) is 0 Å². The fourth-order valence-electron chi connectivity index (χ4n) is 3.59. The average molecular weight is 442 g/mol. The number of guanidine groups is 1. The molecule has 0 aromatic heterocycles. The number of nitrogens with zero attached hydrogens (tertiary/aromatic N) is 3. The molecule has 2 N–H and O–H groups in total. The molecule has 0 saturated heterocycles. The Labute approximate surface area is 182 Å². The molecule has 0 spiro atoms. The van der Waals surface area contributed by atoms with Gasteiger partial charge in [-0.2, -0.15) is 13.2 Å². The highest BCUT2D eigenvalue weighted by Crippen LogP contribution is 2.37. The van der Waals surface area contributed by atoms with E-state index in [1.807, 2.05) is 37.4 Å². The van der Waals surface area contributed by atoms with Gasteiger partial charge in [-0.25, -0.2) is 4.99 Å². The normalized spacial score (nSPS) is 19.6. The zero-order valence-electron chi connectivity index (χ0n) is 18.6. The van der Waals surface area contributed by atoms with Crippen LogP contribution < -0.4 is 15.5 Å². The number of alkyl halides is 3. The number of carbonyl (C=O) groups is 1. The molecule has 1 fully saturated rings. The molecule has 31 heavy (non-hydrogen) atoms. The minimum absolute atomic E-state index is 0.0303. The van der Waals surface area contributed by atoms with Gasteiger partial charge in [0.15, 0.2) is 5.96 Å². The highest BCUT2D eigenvalue weighted by Gasteiger charge is 2.42. The maximum atomic E-state index is 13.1. The fraction of sp³-hybridized carbons (Fsp3) is 0.636. The number of nitrogens with one attached hydrogen (secondary N) is 2. The number of anilines is 1. The van der Waals surface area contributed by atoms with Crippen molar-refractivity contribution < 1.29 is 18.0 Å². The van der Waals surface area contributed by atoms with Crippen LogP contribution in [0.1, 0.15) is 32.1 Å². The second kappa shape index (κ2) is 11.8. The minimum Gasteiger partial charge on any atom is -0.375 e. The molecule has 1 aliphatic carbocycles. The Kier molecular flexibility index (Phi) is 9.45. The zero-order valence-corrected chi connectivity index (χ0v) is 18.6. The number of likely N-dealkylation sites (N-methyl/N-ethyl adjacent to an activating group) is 1. The molecule has 1 aliphatic rings. The van der Waals surface area contributed by atoms with Crippen LogP contribution in [0.2, 0.25) is 0 Å². The van der Waals surface area contributed by atoms with Crippen LogP contribution in [0.3, 0.4) is 0 Å². The fourth-order valence-corrected chi connectivity index (χ4v) is 3.59. The molecular formula is C22H34F3N5O. The van der Waals surface area contributed by atoms with Crippen LogP contribution in [0, 0.1) is 5.92 Å². The monoisotopic (exact) mass is 441 g/mol. The van der Waals surface area contributed by atoms with Crippen molar-refractivity contribution in [3.8, 4) is 0 Å². The third-order valence-corrected chi connectivity index (χ3v) is 5.51. The predicted molar refractivity (Wildman–Crippen MR) is 118 cm³/mol. The summed E-state index contributed by atoms with van der Waals surface area (Å²) in [5.41, 5.74) is 1.12. The largest absolute Gasteiger partial charge is 0.391 e. The first-order valence-electron chi connectivity index (χ1n) is 10.7. The summed E-state index contributed by atoms with van der Waals surface area (Å²) in [4.78, 5) is 19.8. The van der Waals surface area contributed by atoms with Gasteiger partial charge in [0.25, 0.3) is 0 Å². The van der Waals surface area contributed by atoms with E-state index >= 15 is 0 Å². The van der Waals surface area contributed by atoms with Crippen molar-refractivity contribution in [2.75, 3.05) is 45.7 Å². The van der Waals surface area contributed by atoms with Gasteiger partial charge in [-0.05, 0) is 37.8 Å². The van der Waals surface area contributed by atoms with Crippen LogP contribution in [0.4, 0.5) is 18.9 Å². The Bertz CT molecular complexity index is 709. The highest BCUT2D eigenvalue weighted by molar-refractivity contribution is 5.84. The topological polar surface area (TPSA) is 60.0 Å². The van der Waals surface area contributed by atoms with Gasteiger partial charge in [0.1, 0.15) is 6.54 Å². The Morgan fingerprint density at radius 2 is 1.87 bits per heavy atom. The number of para-hydroxylation sites is 1. The second-order valence-electron chi connectivity index (χ2n) is 8.24. The lowest BCUT2D eigenvalue weighted by molar-refractivity contribution is -0.183. The molecule has 0 heterocycles. The Morgan fingerprint density at radius 1 is 1.16 bits per heavy atom. The van der Waals surface area contributed by atoms with Gasteiger partial charge in [-0.3, -0.25) is 4.79 Å². The molecule has 0 aliphatic heterocycles. The van der Waals surface area contributed by atoms with Crippen molar-refractivity contribution in [2.45, 2.75) is 44.3 Å². The van der Waals surface area contributed by atoms with Crippen LogP contribution in [0.5, 0.6) is 0 Å². The van der Waals surface area contributed by atoms with Crippen LogP contribution >= 0.6 is 0 Å². The first kappa shape index (κ1) is 24.8. The van der Waals surface area contributed by atoms with Gasteiger partial charge >= 0.3 is 6.18 Å². The number of amides is 1. The maximum absolute atomic E-state index is 13.1. The van der Waals surface area contributed by atoms with Crippen LogP contribution in [-0.4, -0.2) is 69.8 Å². The first-order valence-corrected chi connectivity index (χ1v) is 10.7. The van der Waals surface area contributed by atoms with Crippen molar-refractivity contribution in [2.24, 2.45) is 10.9 Å². The number of hydrogen-bond donors (Lipinski definition) is 2. The number of aliphatic imine (C=N–C) groups is 1. The molecule has 1 aromatic carbocycles. The summed E-state index contributed by atoms with van der Waals surface area (Å²) >= 11 is 0. The average Bonchev–Trinajstić information content (AvgIpc) is 2.74. The Balaban J connectivity index is 1.90. The van der Waals surface area contributed by atoms with E-state index in [4.69, 9.17) is 0 Å². The highest BCUT2D eigenvalue weighted by atomic mass is 19.4. The number of benzene rings is 1. The molecule has 2 rings (SSSR count). The quantitative estimate of drug-likeness (QED) is 0.369. The molecular weight excluding hydrogens is 407 g/mol. The summed E-state index contributed by atoms with van der Waals surface area (Å²) in [6.45, 7) is 1.34. The lowest BCUT2D eigenvalue weighted by Crippen LogP contribution is -2.47. The summed E-state index contributed by atoms with van der Waals surface area (Å²) in [7, 11) is 5.30. The molecule has 1 aromatic rings.